The number of hydrogen-bond acceptors (Lipinski definition) is 9. The molecule has 2 amide bonds. The monoisotopic (exact) mass is 731 g/mol. The molecule has 0 aliphatic rings. The second kappa shape index (κ2) is 17.4. The summed E-state index contributed by atoms with van der Waals surface area (Å²) >= 11 is 5.25. The number of hydrogen-bond donors (Lipinski definition) is 3. The van der Waals surface area contributed by atoms with Gasteiger partial charge >= 0.3 is 266 Å². The Bertz CT molecular complexity index is 1400. The molecule has 0 aliphatic carbocycles. The summed E-state index contributed by atoms with van der Waals surface area (Å²) < 4.78 is 9.17. The minimum Gasteiger partial charge on any atom is -0.468 e. The Kier molecular flexibility index (Phi) is 13.9. The summed E-state index contributed by atoms with van der Waals surface area (Å²) in [5, 5.41) is 4.72. The zero-order valence-corrected chi connectivity index (χ0v) is 29.0. The Labute approximate surface area is 281 Å². The van der Waals surface area contributed by atoms with Crippen molar-refractivity contribution >= 4 is 77.3 Å². The SMILES string of the molecule is COC(=O)CNC(=O)C(CSC(=O)CCP(Br)(c1ccccc1)(c1ccccc1)c1ccccc1)NC(=O)CCC(N)C(=O)OC. The molecule has 13 heteroatoms. The van der Waals surface area contributed by atoms with E-state index >= 15 is 0 Å². The molecular weight excluding hydrogens is 693 g/mol. The van der Waals surface area contributed by atoms with E-state index in [-0.39, 0.29) is 30.1 Å². The number of rotatable bonds is 16. The third-order valence-corrected chi connectivity index (χ3v) is 18.5. The number of nitrogens with two attached hydrogens (primary N) is 1. The van der Waals surface area contributed by atoms with Gasteiger partial charge in [-0.05, 0) is 0 Å². The molecule has 0 spiro atoms. The van der Waals surface area contributed by atoms with E-state index in [9.17, 15) is 24.0 Å². The van der Waals surface area contributed by atoms with E-state index in [1.165, 1.54) is 14.2 Å². The number of thioether (sulfide) groups is 1. The van der Waals surface area contributed by atoms with Gasteiger partial charge in [0.1, 0.15) is 0 Å². The van der Waals surface area contributed by atoms with Gasteiger partial charge in [0.15, 0.2) is 0 Å². The average molecular weight is 733 g/mol. The normalized spacial score (nSPS) is 13.3. The number of carbonyl (C=O) groups is 5. The van der Waals surface area contributed by atoms with E-state index in [2.05, 4.69) is 72.0 Å². The Hall–Kier alpha value is -3.57. The first kappa shape index (κ1) is 36.9. The first-order valence-corrected chi connectivity index (χ1v) is 20.0. The summed E-state index contributed by atoms with van der Waals surface area (Å²) in [5.74, 6) is -2.62. The minimum absolute atomic E-state index is 0.00207. The van der Waals surface area contributed by atoms with Crippen LogP contribution in [0.2, 0.25) is 0 Å². The first-order chi connectivity index (χ1) is 22.0. The molecule has 0 aliphatic heterocycles. The van der Waals surface area contributed by atoms with Crippen molar-refractivity contribution in [1.82, 2.24) is 10.6 Å². The van der Waals surface area contributed by atoms with Gasteiger partial charge in [-0.3, -0.25) is 4.79 Å². The number of ether oxygens (including phenoxy) is 2. The van der Waals surface area contributed by atoms with Crippen LogP contribution >= 0.6 is 32.6 Å². The van der Waals surface area contributed by atoms with Crippen LogP contribution in [0.3, 0.4) is 0 Å². The molecule has 0 aromatic heterocycles. The topological polar surface area (TPSA) is 154 Å². The molecule has 2 atom stereocenters. The molecule has 3 aromatic rings. The molecule has 0 radical (unpaired) electrons. The Morgan fingerprint density at radius 1 is 0.804 bits per heavy atom. The average Bonchev–Trinajstić information content (AvgIpc) is 3.10. The summed E-state index contributed by atoms with van der Waals surface area (Å²) in [6.07, 6.45) is 0.467. The van der Waals surface area contributed by atoms with Gasteiger partial charge in [-0.2, -0.15) is 0 Å². The number of esters is 2. The van der Waals surface area contributed by atoms with E-state index < -0.39 is 47.7 Å². The summed E-state index contributed by atoms with van der Waals surface area (Å²) in [7, 11) is 2.38. The molecule has 0 bridgehead atoms. The molecule has 0 saturated heterocycles. The van der Waals surface area contributed by atoms with Crippen LogP contribution in [0, 0.1) is 0 Å². The van der Waals surface area contributed by atoms with Crippen molar-refractivity contribution in [2.75, 3.05) is 32.7 Å². The van der Waals surface area contributed by atoms with Gasteiger partial charge < -0.3 is 4.74 Å². The van der Waals surface area contributed by atoms with Crippen LogP contribution in [0.25, 0.3) is 0 Å². The molecule has 0 fully saturated rings. The van der Waals surface area contributed by atoms with Crippen LogP contribution in [0.15, 0.2) is 91.0 Å². The van der Waals surface area contributed by atoms with Crippen LogP contribution in [0.4, 0.5) is 0 Å². The zero-order valence-electron chi connectivity index (χ0n) is 25.7. The van der Waals surface area contributed by atoms with Crippen molar-refractivity contribution < 1.29 is 33.4 Å². The van der Waals surface area contributed by atoms with Gasteiger partial charge in [0, 0.05) is 0 Å². The Balaban J connectivity index is 1.82. The quantitative estimate of drug-likeness (QED) is 0.149. The van der Waals surface area contributed by atoms with Crippen molar-refractivity contribution in [2.24, 2.45) is 5.73 Å². The molecule has 2 unspecified atom stereocenters. The second-order valence-electron chi connectivity index (χ2n) is 10.4. The molecule has 246 valence electrons. The third kappa shape index (κ3) is 9.25. The number of carbonyl (C=O) groups excluding carboxylic acids is 5. The standard InChI is InChI=1S/C33H39BrN3O7PS/c1-43-30(39)22-36-32(41)28(37-29(38)19-18-27(35)33(42)44-2)23-46-31(40)20-21-45(34,24-12-6-3-7-13-24,25-14-8-4-9-15-25)26-16-10-5-11-17-26/h3-17,27-28H,18-23,35H2,1-2H3,(H,36,41)(H,37,38). The van der Waals surface area contributed by atoms with Crippen molar-refractivity contribution in [3.63, 3.8) is 0 Å². The first-order valence-electron chi connectivity index (χ1n) is 14.6. The number of nitrogens with one attached hydrogen (secondary N) is 2. The molecule has 0 saturated carbocycles. The van der Waals surface area contributed by atoms with Gasteiger partial charge in [0.25, 0.3) is 0 Å². The van der Waals surface area contributed by atoms with E-state index in [4.69, 9.17) is 5.73 Å². The van der Waals surface area contributed by atoms with Crippen molar-refractivity contribution in [3.8, 4) is 0 Å². The minimum atomic E-state index is -3.35. The molecule has 10 nitrogen and oxygen atoms in total. The van der Waals surface area contributed by atoms with E-state index in [0.29, 0.717) is 6.16 Å². The van der Waals surface area contributed by atoms with Crippen molar-refractivity contribution in [3.05, 3.63) is 91.0 Å². The summed E-state index contributed by atoms with van der Waals surface area (Å²) in [5.41, 5.74) is 5.73. The van der Waals surface area contributed by atoms with Gasteiger partial charge in [-0.15, -0.1) is 0 Å². The summed E-state index contributed by atoms with van der Waals surface area (Å²) in [4.78, 5) is 62.4. The summed E-state index contributed by atoms with van der Waals surface area (Å²) in [6, 6.07) is 28.1. The Morgan fingerprint density at radius 2 is 1.30 bits per heavy atom. The van der Waals surface area contributed by atoms with Crippen molar-refractivity contribution in [1.29, 1.82) is 0 Å². The number of benzene rings is 3. The predicted molar refractivity (Wildman–Crippen MR) is 187 cm³/mol. The molecule has 3 aromatic carbocycles. The third-order valence-electron chi connectivity index (χ3n) is 7.50. The van der Waals surface area contributed by atoms with Crippen LogP contribution in [-0.2, 0) is 33.4 Å². The smallest absolute Gasteiger partial charge is 0.468 e. The maximum atomic E-state index is 13.6. The predicted octanol–water partition coefficient (Wildman–Crippen LogP) is 2.53. The van der Waals surface area contributed by atoms with Crippen LogP contribution in [0.5, 0.6) is 0 Å². The van der Waals surface area contributed by atoms with Crippen LogP contribution in [-0.4, -0.2) is 73.6 Å². The van der Waals surface area contributed by atoms with Gasteiger partial charge in [0.2, 0.25) is 0 Å². The molecule has 3 rings (SSSR count). The Morgan fingerprint density at radius 3 is 1.76 bits per heavy atom. The van der Waals surface area contributed by atoms with Crippen molar-refractivity contribution in [2.45, 2.75) is 31.3 Å². The summed E-state index contributed by atoms with van der Waals surface area (Å²) in [6.45, 7) is -0.406. The van der Waals surface area contributed by atoms with Gasteiger partial charge in [-0.1, -0.05) is 0 Å². The van der Waals surface area contributed by atoms with E-state index in [0.717, 1.165) is 27.7 Å². The number of methoxy groups -OCH3 is 2. The van der Waals surface area contributed by atoms with Gasteiger partial charge in [-0.25, -0.2) is 0 Å². The van der Waals surface area contributed by atoms with Crippen LogP contribution < -0.4 is 32.3 Å². The number of amides is 2. The fourth-order valence-electron chi connectivity index (χ4n) is 4.96. The molecule has 0 heterocycles. The molecule has 46 heavy (non-hydrogen) atoms. The maximum absolute atomic E-state index is 13.6. The van der Waals surface area contributed by atoms with Crippen LogP contribution in [0.1, 0.15) is 19.3 Å². The number of halogens is 1. The van der Waals surface area contributed by atoms with E-state index in [1.54, 1.807) is 0 Å². The fraction of sp³-hybridized carbons (Fsp3) is 0.303. The molecule has 4 N–H and O–H groups in total. The zero-order chi connectivity index (χ0) is 33.6. The molecular formula is C33H39BrN3O7PS. The van der Waals surface area contributed by atoms with E-state index in [1.807, 2.05) is 54.6 Å². The van der Waals surface area contributed by atoms with Gasteiger partial charge in [0.05, 0.1) is 7.11 Å². The second-order valence-corrected chi connectivity index (χ2v) is 20.6. The fourth-order valence-corrected chi connectivity index (χ4v) is 13.3.